The average Bonchev–Trinajstić information content (AvgIpc) is 2.57. The van der Waals surface area contributed by atoms with Gasteiger partial charge in [0.05, 0.1) is 13.3 Å². The van der Waals surface area contributed by atoms with Crippen LogP contribution in [0.4, 0.5) is 0 Å². The molecule has 0 aliphatic carbocycles. The number of benzene rings is 1. The first kappa shape index (κ1) is 18.7. The molecule has 9 heteroatoms. The molecular weight excluding hydrogens is 318 g/mol. The van der Waals surface area contributed by atoms with E-state index in [2.05, 4.69) is 22.4 Å². The van der Waals surface area contributed by atoms with Crippen LogP contribution in [0.1, 0.15) is 5.56 Å². The highest BCUT2D eigenvalue weighted by atomic mass is 16.5. The molecule has 1 aromatic carbocycles. The lowest BCUT2D eigenvalue weighted by molar-refractivity contribution is -0.139. The van der Waals surface area contributed by atoms with Crippen LogP contribution in [0.15, 0.2) is 36.0 Å². The van der Waals surface area contributed by atoms with Crippen molar-refractivity contribution >= 4 is 24.0 Å². The molecule has 0 atom stereocenters. The van der Waals surface area contributed by atoms with Crippen LogP contribution in [0.25, 0.3) is 0 Å². The predicted molar refractivity (Wildman–Crippen MR) is 85.1 cm³/mol. The quantitative estimate of drug-likeness (QED) is 0.264. The molecular formula is C15H17N3O6. The lowest BCUT2D eigenvalue weighted by Gasteiger charge is -2.09. The number of hydrazone groups is 1. The third-order valence-corrected chi connectivity index (χ3v) is 2.53. The van der Waals surface area contributed by atoms with Crippen LogP contribution >= 0.6 is 0 Å². The van der Waals surface area contributed by atoms with E-state index in [9.17, 15) is 14.4 Å². The number of amides is 2. The lowest BCUT2D eigenvalue weighted by atomic mass is 10.2. The summed E-state index contributed by atoms with van der Waals surface area (Å²) in [4.78, 5) is 33.2. The van der Waals surface area contributed by atoms with Crippen molar-refractivity contribution in [1.82, 2.24) is 10.7 Å². The summed E-state index contributed by atoms with van der Waals surface area (Å²) in [5.74, 6) is -2.30. The zero-order valence-corrected chi connectivity index (χ0v) is 12.9. The Bertz CT molecular complexity index is 657. The Hall–Kier alpha value is -3.36. The van der Waals surface area contributed by atoms with Crippen LogP contribution in [-0.2, 0) is 14.4 Å². The van der Waals surface area contributed by atoms with Gasteiger partial charge in [0.15, 0.2) is 18.1 Å². The summed E-state index contributed by atoms with van der Waals surface area (Å²) in [6.45, 7) is 3.08. The molecule has 0 radical (unpaired) electrons. The second-order valence-corrected chi connectivity index (χ2v) is 4.29. The zero-order chi connectivity index (χ0) is 17.9. The molecule has 9 nitrogen and oxygen atoms in total. The molecule has 1 aromatic rings. The number of carboxylic acids is 1. The molecule has 0 aliphatic rings. The highest BCUT2D eigenvalue weighted by molar-refractivity contribution is 6.35. The fourth-order valence-corrected chi connectivity index (χ4v) is 1.48. The summed E-state index contributed by atoms with van der Waals surface area (Å²) in [6.07, 6.45) is 2.73. The molecule has 0 fully saturated rings. The monoisotopic (exact) mass is 335 g/mol. The number of hydrogen-bond donors (Lipinski definition) is 3. The number of nitrogens with one attached hydrogen (secondary N) is 2. The van der Waals surface area contributed by atoms with Crippen molar-refractivity contribution in [3.8, 4) is 11.5 Å². The number of hydrogen-bond acceptors (Lipinski definition) is 6. The summed E-state index contributed by atoms with van der Waals surface area (Å²) in [5.41, 5.74) is 2.61. The molecule has 0 saturated carbocycles. The fraction of sp³-hybridized carbons (Fsp3) is 0.200. The van der Waals surface area contributed by atoms with Gasteiger partial charge in [-0.25, -0.2) is 10.2 Å². The van der Waals surface area contributed by atoms with Gasteiger partial charge in [0, 0.05) is 6.54 Å². The highest BCUT2D eigenvalue weighted by Crippen LogP contribution is 2.27. The Morgan fingerprint density at radius 1 is 1.29 bits per heavy atom. The van der Waals surface area contributed by atoms with Gasteiger partial charge in [-0.3, -0.25) is 9.59 Å². The largest absolute Gasteiger partial charge is 0.493 e. The van der Waals surface area contributed by atoms with Crippen molar-refractivity contribution in [3.63, 3.8) is 0 Å². The molecule has 0 aromatic heterocycles. The van der Waals surface area contributed by atoms with Crippen LogP contribution in [-0.4, -0.2) is 49.4 Å². The van der Waals surface area contributed by atoms with E-state index in [1.165, 1.54) is 31.5 Å². The van der Waals surface area contributed by atoms with E-state index in [0.29, 0.717) is 11.3 Å². The second-order valence-electron chi connectivity index (χ2n) is 4.29. The van der Waals surface area contributed by atoms with Crippen molar-refractivity contribution in [2.24, 2.45) is 5.10 Å². The van der Waals surface area contributed by atoms with Gasteiger partial charge in [-0.05, 0) is 23.8 Å². The molecule has 3 N–H and O–H groups in total. The van der Waals surface area contributed by atoms with Crippen LogP contribution in [0.3, 0.4) is 0 Å². The Morgan fingerprint density at radius 2 is 2.04 bits per heavy atom. The number of methoxy groups -OCH3 is 1. The van der Waals surface area contributed by atoms with Crippen LogP contribution < -0.4 is 20.2 Å². The van der Waals surface area contributed by atoms with Gasteiger partial charge in [-0.15, -0.1) is 6.58 Å². The minimum Gasteiger partial charge on any atom is -0.493 e. The second kappa shape index (κ2) is 9.62. The van der Waals surface area contributed by atoms with Gasteiger partial charge in [-0.2, -0.15) is 5.10 Å². The van der Waals surface area contributed by atoms with Crippen LogP contribution in [0.5, 0.6) is 11.5 Å². The summed E-state index contributed by atoms with van der Waals surface area (Å²) in [6, 6.07) is 4.61. The molecule has 0 spiro atoms. The first-order chi connectivity index (χ1) is 11.5. The Balaban J connectivity index is 2.67. The first-order valence-electron chi connectivity index (χ1n) is 6.72. The van der Waals surface area contributed by atoms with Gasteiger partial charge in [0.2, 0.25) is 0 Å². The van der Waals surface area contributed by atoms with E-state index in [4.69, 9.17) is 14.6 Å². The summed E-state index contributed by atoms with van der Waals surface area (Å²) in [5, 5.41) is 14.5. The molecule has 0 bridgehead atoms. The maximum atomic E-state index is 11.4. The Labute approximate surface area is 137 Å². The van der Waals surface area contributed by atoms with E-state index in [0.717, 1.165) is 0 Å². The average molecular weight is 335 g/mol. The maximum Gasteiger partial charge on any atom is 0.341 e. The third kappa shape index (κ3) is 6.18. The van der Waals surface area contributed by atoms with Gasteiger partial charge >= 0.3 is 17.8 Å². The smallest absolute Gasteiger partial charge is 0.341 e. The summed E-state index contributed by atoms with van der Waals surface area (Å²) < 4.78 is 10.1. The molecule has 0 saturated heterocycles. The number of carboxylic acid groups (broad SMARTS) is 1. The van der Waals surface area contributed by atoms with Crippen LogP contribution in [0, 0.1) is 0 Å². The number of nitrogens with zero attached hydrogens (tertiary/aromatic N) is 1. The normalized spacial score (nSPS) is 10.0. The van der Waals surface area contributed by atoms with Crippen molar-refractivity contribution in [2.45, 2.75) is 0 Å². The fourth-order valence-electron chi connectivity index (χ4n) is 1.48. The van der Waals surface area contributed by atoms with Crippen molar-refractivity contribution in [3.05, 3.63) is 36.4 Å². The number of carbonyl (C=O) groups excluding carboxylic acids is 2. The van der Waals surface area contributed by atoms with Crippen molar-refractivity contribution in [1.29, 1.82) is 0 Å². The molecule has 0 unspecified atom stereocenters. The molecule has 0 heterocycles. The van der Waals surface area contributed by atoms with Gasteiger partial charge in [-0.1, -0.05) is 6.08 Å². The SMILES string of the molecule is C=CCNC(=O)C(=O)N/N=C\c1ccc(OCC(=O)O)c(OC)c1. The number of aliphatic carboxylic acids is 1. The van der Waals surface area contributed by atoms with E-state index in [-0.39, 0.29) is 12.3 Å². The zero-order valence-electron chi connectivity index (χ0n) is 12.9. The van der Waals surface area contributed by atoms with E-state index < -0.39 is 24.4 Å². The Kier molecular flexibility index (Phi) is 7.49. The predicted octanol–water partition coefficient (Wildman–Crippen LogP) is -0.0891. The summed E-state index contributed by atoms with van der Waals surface area (Å²) in [7, 11) is 1.40. The van der Waals surface area contributed by atoms with Gasteiger partial charge in [0.25, 0.3) is 0 Å². The number of ether oxygens (including phenoxy) is 2. The lowest BCUT2D eigenvalue weighted by Crippen LogP contribution is -2.37. The van der Waals surface area contributed by atoms with E-state index >= 15 is 0 Å². The topological polar surface area (TPSA) is 126 Å². The number of rotatable bonds is 8. The third-order valence-electron chi connectivity index (χ3n) is 2.53. The summed E-state index contributed by atoms with van der Waals surface area (Å²) >= 11 is 0. The minimum atomic E-state index is -1.11. The molecule has 0 aliphatic heterocycles. The van der Waals surface area contributed by atoms with Crippen molar-refractivity contribution < 1.29 is 29.0 Å². The Morgan fingerprint density at radius 3 is 2.67 bits per heavy atom. The van der Waals surface area contributed by atoms with Gasteiger partial charge in [0.1, 0.15) is 0 Å². The van der Waals surface area contributed by atoms with Crippen molar-refractivity contribution in [2.75, 3.05) is 20.3 Å². The molecule has 128 valence electrons. The number of carbonyl (C=O) groups is 3. The molecule has 1 rings (SSSR count). The molecule has 24 heavy (non-hydrogen) atoms. The molecule has 2 amide bonds. The van der Waals surface area contributed by atoms with E-state index in [1.807, 2.05) is 0 Å². The minimum absolute atomic E-state index is 0.172. The first-order valence-corrected chi connectivity index (χ1v) is 6.72. The van der Waals surface area contributed by atoms with Gasteiger partial charge < -0.3 is 19.9 Å². The standard InChI is InChI=1S/C15H17N3O6/c1-3-6-16-14(21)15(22)18-17-8-10-4-5-11(12(7-10)23-2)24-9-13(19)20/h3-5,7-8H,1,6,9H2,2H3,(H,16,21)(H,18,22)(H,19,20)/b17-8-. The highest BCUT2D eigenvalue weighted by Gasteiger charge is 2.11. The van der Waals surface area contributed by atoms with E-state index in [1.54, 1.807) is 6.07 Å². The van der Waals surface area contributed by atoms with Crippen LogP contribution in [0.2, 0.25) is 0 Å². The maximum absolute atomic E-state index is 11.4.